The Bertz CT molecular complexity index is 381. The molecule has 1 saturated heterocycles. The molecule has 0 aliphatic carbocycles. The number of hydrogen-bond donors (Lipinski definition) is 0. The molecule has 0 bridgehead atoms. The van der Waals surface area contributed by atoms with Crippen molar-refractivity contribution < 1.29 is 0 Å². The fourth-order valence-electron chi connectivity index (χ4n) is 2.67. The molecule has 3 nitrogen and oxygen atoms in total. The Kier molecular flexibility index (Phi) is 4.95. The molecule has 0 amide bonds. The Morgan fingerprint density at radius 1 is 1.28 bits per heavy atom. The van der Waals surface area contributed by atoms with Gasteiger partial charge in [0.05, 0.1) is 5.69 Å². The highest BCUT2D eigenvalue weighted by Crippen LogP contribution is 2.24. The maximum atomic E-state index is 6.08. The summed E-state index contributed by atoms with van der Waals surface area (Å²) in [7, 11) is 0. The lowest BCUT2D eigenvalue weighted by Gasteiger charge is -2.24. The third kappa shape index (κ3) is 3.66. The van der Waals surface area contributed by atoms with Crippen LogP contribution in [0.4, 0.5) is 0 Å². The third-order valence-corrected chi connectivity index (χ3v) is 4.13. The van der Waals surface area contributed by atoms with E-state index in [1.165, 1.54) is 32.4 Å². The van der Waals surface area contributed by atoms with E-state index < -0.39 is 0 Å². The smallest absolute Gasteiger partial charge is 0.150 e. The van der Waals surface area contributed by atoms with E-state index in [0.29, 0.717) is 17.1 Å². The minimum absolute atomic E-state index is 0.572. The molecule has 0 aromatic carbocycles. The Labute approximate surface area is 115 Å². The van der Waals surface area contributed by atoms with Crippen LogP contribution in [-0.2, 0) is 6.42 Å². The zero-order chi connectivity index (χ0) is 13.0. The normalized spacial score (nSPS) is 22.1. The number of hydrogen-bond acceptors (Lipinski definition) is 3. The van der Waals surface area contributed by atoms with Crippen molar-refractivity contribution in [2.45, 2.75) is 45.6 Å². The van der Waals surface area contributed by atoms with Gasteiger partial charge in [0, 0.05) is 18.4 Å². The van der Waals surface area contributed by atoms with Gasteiger partial charge in [-0.15, -0.1) is 0 Å². The summed E-state index contributed by atoms with van der Waals surface area (Å²) in [5.74, 6) is 0.697. The molecule has 0 N–H and O–H groups in total. The summed E-state index contributed by atoms with van der Waals surface area (Å²) in [6, 6.07) is 0.656. The van der Waals surface area contributed by atoms with Crippen LogP contribution in [0.25, 0.3) is 0 Å². The van der Waals surface area contributed by atoms with E-state index in [1.807, 2.05) is 0 Å². The summed E-state index contributed by atoms with van der Waals surface area (Å²) in [5, 5.41) is 0.572. The summed E-state index contributed by atoms with van der Waals surface area (Å²) in [6.07, 6.45) is 8.15. The van der Waals surface area contributed by atoms with E-state index in [9.17, 15) is 0 Å². The van der Waals surface area contributed by atoms with Crippen molar-refractivity contribution in [1.29, 1.82) is 0 Å². The van der Waals surface area contributed by atoms with Gasteiger partial charge in [-0.2, -0.15) is 0 Å². The van der Waals surface area contributed by atoms with Crippen molar-refractivity contribution in [1.82, 2.24) is 14.9 Å². The van der Waals surface area contributed by atoms with Crippen molar-refractivity contribution in [3.8, 4) is 0 Å². The molecule has 0 radical (unpaired) electrons. The lowest BCUT2D eigenvalue weighted by Crippen LogP contribution is -2.31. The van der Waals surface area contributed by atoms with E-state index in [-0.39, 0.29) is 0 Å². The molecular weight excluding hydrogens is 246 g/mol. The van der Waals surface area contributed by atoms with Crippen LogP contribution in [0.3, 0.4) is 0 Å². The van der Waals surface area contributed by atoms with Crippen LogP contribution in [0.5, 0.6) is 0 Å². The first-order valence-electron chi connectivity index (χ1n) is 6.86. The first-order chi connectivity index (χ1) is 8.66. The highest BCUT2D eigenvalue weighted by Gasteiger charge is 2.20. The van der Waals surface area contributed by atoms with Gasteiger partial charge in [-0.3, -0.25) is 4.98 Å². The highest BCUT2D eigenvalue weighted by atomic mass is 35.5. The fourth-order valence-corrected chi connectivity index (χ4v) is 2.85. The lowest BCUT2D eigenvalue weighted by molar-refractivity contribution is 0.228. The average Bonchev–Trinajstić information content (AvgIpc) is 2.58. The summed E-state index contributed by atoms with van der Waals surface area (Å²) in [6.45, 7) is 6.97. The molecule has 18 heavy (non-hydrogen) atoms. The second-order valence-electron chi connectivity index (χ2n) is 5.42. The van der Waals surface area contributed by atoms with Crippen molar-refractivity contribution in [3.63, 3.8) is 0 Å². The van der Waals surface area contributed by atoms with E-state index in [1.54, 1.807) is 12.4 Å². The third-order valence-electron chi connectivity index (χ3n) is 3.82. The molecule has 1 aliphatic heterocycles. The van der Waals surface area contributed by atoms with Crippen molar-refractivity contribution >= 4 is 11.6 Å². The van der Waals surface area contributed by atoms with Gasteiger partial charge in [-0.25, -0.2) is 4.98 Å². The zero-order valence-corrected chi connectivity index (χ0v) is 12.0. The minimum atomic E-state index is 0.572. The second kappa shape index (κ2) is 6.48. The molecular formula is C14H22ClN3. The largest absolute Gasteiger partial charge is 0.301 e. The van der Waals surface area contributed by atoms with E-state index in [4.69, 9.17) is 11.6 Å². The molecule has 2 rings (SSSR count). The van der Waals surface area contributed by atoms with Gasteiger partial charge in [-0.1, -0.05) is 11.6 Å². The molecule has 4 heteroatoms. The van der Waals surface area contributed by atoms with Gasteiger partial charge in [-0.05, 0) is 58.5 Å². The first kappa shape index (κ1) is 13.8. The summed E-state index contributed by atoms with van der Waals surface area (Å²) < 4.78 is 0. The molecule has 1 unspecified atom stereocenters. The Hall–Kier alpha value is -0.670. The predicted molar refractivity (Wildman–Crippen MR) is 74.8 cm³/mol. The number of rotatable bonds is 3. The number of nitrogens with zero attached hydrogens (tertiary/aromatic N) is 3. The molecule has 0 saturated carbocycles. The molecule has 1 atom stereocenters. The SMILES string of the molecule is CC(C)N1CCCC(Cc2nccnc2Cl)CC1. The molecule has 2 heterocycles. The minimum Gasteiger partial charge on any atom is -0.301 e. The quantitative estimate of drug-likeness (QED) is 0.842. The Morgan fingerprint density at radius 3 is 2.78 bits per heavy atom. The van der Waals surface area contributed by atoms with Crippen molar-refractivity contribution in [3.05, 3.63) is 23.2 Å². The van der Waals surface area contributed by atoms with Gasteiger partial charge in [0.15, 0.2) is 0 Å². The van der Waals surface area contributed by atoms with Gasteiger partial charge >= 0.3 is 0 Å². The summed E-state index contributed by atoms with van der Waals surface area (Å²) in [4.78, 5) is 11.0. The van der Waals surface area contributed by atoms with Crippen molar-refractivity contribution in [2.24, 2.45) is 5.92 Å². The van der Waals surface area contributed by atoms with Crippen LogP contribution in [0.2, 0.25) is 5.15 Å². The molecule has 1 aliphatic rings. The van der Waals surface area contributed by atoms with Gasteiger partial charge < -0.3 is 4.90 Å². The molecule has 0 spiro atoms. The van der Waals surface area contributed by atoms with Crippen LogP contribution in [-0.4, -0.2) is 34.0 Å². The molecule has 1 aromatic heterocycles. The molecule has 1 fully saturated rings. The van der Waals surface area contributed by atoms with Gasteiger partial charge in [0.1, 0.15) is 5.15 Å². The number of halogens is 1. The Morgan fingerprint density at radius 2 is 2.06 bits per heavy atom. The lowest BCUT2D eigenvalue weighted by atomic mass is 9.95. The average molecular weight is 268 g/mol. The maximum Gasteiger partial charge on any atom is 0.150 e. The number of aromatic nitrogens is 2. The van der Waals surface area contributed by atoms with Crippen LogP contribution in [0.15, 0.2) is 12.4 Å². The van der Waals surface area contributed by atoms with Crippen LogP contribution < -0.4 is 0 Å². The van der Waals surface area contributed by atoms with Crippen LogP contribution in [0.1, 0.15) is 38.8 Å². The van der Waals surface area contributed by atoms with E-state index >= 15 is 0 Å². The van der Waals surface area contributed by atoms with E-state index in [2.05, 4.69) is 28.7 Å². The zero-order valence-electron chi connectivity index (χ0n) is 11.3. The number of likely N-dealkylation sites (tertiary alicyclic amines) is 1. The van der Waals surface area contributed by atoms with Crippen LogP contribution in [0, 0.1) is 5.92 Å². The monoisotopic (exact) mass is 267 g/mol. The van der Waals surface area contributed by atoms with E-state index in [0.717, 1.165) is 12.1 Å². The fraction of sp³-hybridized carbons (Fsp3) is 0.714. The summed E-state index contributed by atoms with van der Waals surface area (Å²) >= 11 is 6.08. The first-order valence-corrected chi connectivity index (χ1v) is 7.24. The second-order valence-corrected chi connectivity index (χ2v) is 5.78. The summed E-state index contributed by atoms with van der Waals surface area (Å²) in [5.41, 5.74) is 0.960. The predicted octanol–water partition coefficient (Wildman–Crippen LogP) is 3.18. The molecule has 1 aromatic rings. The molecule has 100 valence electrons. The highest BCUT2D eigenvalue weighted by molar-refractivity contribution is 6.29. The topological polar surface area (TPSA) is 29.0 Å². The standard InChI is InChI=1S/C14H22ClN3/c1-11(2)18-8-3-4-12(5-9-18)10-13-14(15)17-7-6-16-13/h6-7,11-12H,3-5,8-10H2,1-2H3. The maximum absolute atomic E-state index is 6.08. The van der Waals surface area contributed by atoms with Crippen molar-refractivity contribution in [2.75, 3.05) is 13.1 Å². The van der Waals surface area contributed by atoms with Gasteiger partial charge in [0.2, 0.25) is 0 Å². The Balaban J connectivity index is 1.93. The van der Waals surface area contributed by atoms with Crippen LogP contribution >= 0.6 is 11.6 Å². The van der Waals surface area contributed by atoms with Gasteiger partial charge in [0.25, 0.3) is 0 Å².